The van der Waals surface area contributed by atoms with Gasteiger partial charge in [-0.15, -0.1) is 0 Å². The maximum Gasteiger partial charge on any atom is 0.386 e. The van der Waals surface area contributed by atoms with E-state index in [1.807, 2.05) is 0 Å². The number of thiol groups is 2. The number of pyridine rings is 1. The quantitative estimate of drug-likeness (QED) is 0.128. The maximum atomic E-state index is 13.6. The van der Waals surface area contributed by atoms with Crippen LogP contribution in [0.5, 0.6) is 0 Å². The van der Waals surface area contributed by atoms with Crippen molar-refractivity contribution in [2.24, 2.45) is 0 Å². The highest BCUT2D eigenvalue weighted by Gasteiger charge is 2.53. The highest BCUT2D eigenvalue weighted by molar-refractivity contribution is 8.44. The summed E-state index contributed by atoms with van der Waals surface area (Å²) in [6, 6.07) is 4.48. The van der Waals surface area contributed by atoms with Crippen LogP contribution in [0.4, 0.5) is 5.82 Å². The van der Waals surface area contributed by atoms with Gasteiger partial charge in [-0.05, 0) is 12.1 Å². The number of nitrogens with one attached hydrogen (secondary N) is 1. The number of aromatic amines is 1. The van der Waals surface area contributed by atoms with E-state index >= 15 is 0 Å². The average Bonchev–Trinajstić information content (AvgIpc) is 3.72. The number of benzene rings is 1. The Morgan fingerprint density at radius 1 is 0.870 bits per heavy atom. The summed E-state index contributed by atoms with van der Waals surface area (Å²) in [7, 11) is 0. The van der Waals surface area contributed by atoms with Crippen LogP contribution >= 0.6 is 61.3 Å². The number of ether oxygens (including phenoxy) is 2. The molecule has 10 atom stereocenters. The lowest BCUT2D eigenvalue weighted by atomic mass is 10.1. The van der Waals surface area contributed by atoms with Gasteiger partial charge in [0.05, 0.1) is 52.5 Å². The maximum absolute atomic E-state index is 13.6. The first-order chi connectivity index (χ1) is 21.7. The van der Waals surface area contributed by atoms with E-state index in [4.69, 9.17) is 56.5 Å². The van der Waals surface area contributed by atoms with Crippen molar-refractivity contribution in [3.8, 4) is 0 Å². The minimum absolute atomic E-state index is 0.00674. The topological polar surface area (TPSA) is 224 Å². The number of imidazole rings is 2. The molecule has 6 unspecified atom stereocenters. The SMILES string of the molecule is Nc1cc2c(ncn2[C@@H]2O[C@@H]3COP(=O)(S)OC4C(O)[C@H](n5cnc6cc(Cl)c(Cl)cc65)O[C@@H]4COP(=O)(S)OC2C3O)c(=O)[nH]1. The van der Waals surface area contributed by atoms with E-state index in [-0.39, 0.29) is 26.9 Å². The number of aromatic nitrogens is 5. The molecule has 3 fully saturated rings. The number of nitrogen functional groups attached to an aromatic ring is 1. The third-order valence-corrected chi connectivity index (χ3v) is 11.6. The van der Waals surface area contributed by atoms with E-state index in [9.17, 15) is 24.1 Å². The number of hydrogen-bond acceptors (Lipinski definition) is 14. The zero-order valence-electron chi connectivity index (χ0n) is 22.9. The molecule has 0 spiro atoms. The summed E-state index contributed by atoms with van der Waals surface area (Å²) in [5.41, 5.74) is 6.36. The lowest BCUT2D eigenvalue weighted by molar-refractivity contribution is -0.0573. The molecule has 7 rings (SSSR count). The van der Waals surface area contributed by atoms with Crippen molar-refractivity contribution < 1.29 is 46.9 Å². The molecule has 248 valence electrons. The summed E-state index contributed by atoms with van der Waals surface area (Å²) in [6.45, 7) is -9.80. The molecule has 46 heavy (non-hydrogen) atoms. The van der Waals surface area contributed by atoms with Crippen LogP contribution in [0.2, 0.25) is 10.0 Å². The van der Waals surface area contributed by atoms with Gasteiger partial charge in [-0.25, -0.2) is 19.1 Å². The zero-order chi connectivity index (χ0) is 32.7. The van der Waals surface area contributed by atoms with E-state index < -0.39 is 81.4 Å². The van der Waals surface area contributed by atoms with Gasteiger partial charge in [0, 0.05) is 6.07 Å². The Kier molecular flexibility index (Phi) is 8.59. The molecule has 1 aromatic carbocycles. The zero-order valence-corrected chi connectivity index (χ0v) is 28.0. The van der Waals surface area contributed by atoms with Gasteiger partial charge in [-0.2, -0.15) is 0 Å². The molecular formula is C23H24Cl2N6O11P2S2. The van der Waals surface area contributed by atoms with Gasteiger partial charge in [-0.1, -0.05) is 47.7 Å². The number of rotatable bonds is 2. The normalized spacial score (nSPS) is 37.2. The van der Waals surface area contributed by atoms with Gasteiger partial charge < -0.3 is 39.5 Å². The number of nitrogens with two attached hydrogens (primary N) is 1. The van der Waals surface area contributed by atoms with Crippen LogP contribution in [-0.2, 0) is 36.7 Å². The first kappa shape index (κ1) is 32.9. The predicted octanol–water partition coefficient (Wildman–Crippen LogP) is 3.07. The largest absolute Gasteiger partial charge is 0.387 e. The Bertz CT molecular complexity index is 2000. The molecule has 23 heteroatoms. The number of hydrogen-bond donors (Lipinski definition) is 6. The predicted molar refractivity (Wildman–Crippen MR) is 169 cm³/mol. The minimum Gasteiger partial charge on any atom is -0.387 e. The van der Waals surface area contributed by atoms with Gasteiger partial charge >= 0.3 is 13.6 Å². The number of aliphatic hydroxyl groups is 2. The average molecular weight is 757 g/mol. The van der Waals surface area contributed by atoms with E-state index in [2.05, 4.69) is 39.4 Å². The number of H-pyrrole nitrogens is 1. The number of fused-ring (bicyclic) bond motifs is 5. The Balaban J connectivity index is 1.21. The molecule has 0 aliphatic carbocycles. The molecule has 5 N–H and O–H groups in total. The van der Waals surface area contributed by atoms with Crippen molar-refractivity contribution in [2.75, 3.05) is 18.9 Å². The number of aliphatic hydroxyl groups excluding tert-OH is 2. The molecule has 3 aliphatic heterocycles. The highest BCUT2D eigenvalue weighted by Crippen LogP contribution is 2.60. The summed E-state index contributed by atoms with van der Waals surface area (Å²) in [6.07, 6.45) is -8.22. The number of nitrogens with zero attached hydrogens (tertiary/aromatic N) is 4. The van der Waals surface area contributed by atoms with Crippen LogP contribution in [-0.4, -0.2) is 84.1 Å². The molecule has 3 saturated heterocycles. The van der Waals surface area contributed by atoms with Crippen molar-refractivity contribution in [3.63, 3.8) is 0 Å². The van der Waals surface area contributed by atoms with Crippen LogP contribution in [0.15, 0.2) is 35.6 Å². The minimum atomic E-state index is -4.36. The summed E-state index contributed by atoms with van der Waals surface area (Å²) in [5, 5.41) is 23.0. The second-order valence-corrected chi connectivity index (χ2v) is 17.2. The number of halogens is 2. The van der Waals surface area contributed by atoms with Gasteiger partial charge in [0.15, 0.2) is 18.0 Å². The van der Waals surface area contributed by atoms with Gasteiger partial charge in [0.25, 0.3) is 5.56 Å². The fourth-order valence-corrected chi connectivity index (χ4v) is 8.87. The summed E-state index contributed by atoms with van der Waals surface area (Å²) in [4.78, 5) is 23.2. The second kappa shape index (κ2) is 12.0. The summed E-state index contributed by atoms with van der Waals surface area (Å²) < 4.78 is 64.3. The standard InChI is InChI=1S/C23H24Cl2N6O11P2S2/c24-8-1-10-11(2-9(8)25)30(6-27-10)22-18(33)19-14(40-22)5-38-44(36,46)42-20-17(32)13(4-37-43(35,45)41-19)39-23(20)31-7-28-16-12(31)3-15(26)29-21(16)34/h1-3,6-7,13-14,17-20,22-23,32-33H,4-5H2,(H,35,45)(H,36,46)(H3,26,29,34)/t13-,14-,17?,18?,19?,20?,22-,23-,43?,44?/m1/s1. The Morgan fingerprint density at radius 2 is 1.48 bits per heavy atom. The Hall–Kier alpha value is -1.67. The molecule has 17 nitrogen and oxygen atoms in total. The second-order valence-electron chi connectivity index (χ2n) is 10.6. The van der Waals surface area contributed by atoms with Crippen molar-refractivity contribution in [3.05, 3.63) is 51.3 Å². The van der Waals surface area contributed by atoms with Gasteiger partial charge in [0.1, 0.15) is 42.4 Å². The summed E-state index contributed by atoms with van der Waals surface area (Å²) in [5.74, 6) is 0.0239. The molecule has 4 aromatic rings. The lowest BCUT2D eigenvalue weighted by Crippen LogP contribution is -2.35. The van der Waals surface area contributed by atoms with Crippen LogP contribution in [0.3, 0.4) is 0 Å². The fourth-order valence-electron chi connectivity index (χ4n) is 5.60. The van der Waals surface area contributed by atoms with Crippen LogP contribution in [0.25, 0.3) is 22.1 Å². The smallest absolute Gasteiger partial charge is 0.386 e. The highest BCUT2D eigenvalue weighted by atomic mass is 35.5. The third-order valence-electron chi connectivity index (χ3n) is 7.70. The first-order valence-corrected chi connectivity index (χ1v) is 19.5. The van der Waals surface area contributed by atoms with Crippen molar-refractivity contribution in [1.29, 1.82) is 0 Å². The Morgan fingerprint density at radius 3 is 2.22 bits per heavy atom. The molecular weight excluding hydrogens is 733 g/mol. The summed E-state index contributed by atoms with van der Waals surface area (Å²) >= 11 is 20.5. The van der Waals surface area contributed by atoms with Gasteiger partial charge in [0.2, 0.25) is 0 Å². The van der Waals surface area contributed by atoms with Crippen LogP contribution < -0.4 is 11.3 Å². The monoisotopic (exact) mass is 756 g/mol. The molecule has 0 amide bonds. The van der Waals surface area contributed by atoms with E-state index in [1.54, 1.807) is 0 Å². The molecule has 0 saturated carbocycles. The van der Waals surface area contributed by atoms with Crippen molar-refractivity contribution >= 4 is 89.2 Å². The fraction of sp³-hybridized carbons (Fsp3) is 0.435. The first-order valence-electron chi connectivity index (χ1n) is 13.4. The Labute approximate surface area is 278 Å². The molecule has 3 aliphatic rings. The molecule has 0 radical (unpaired) electrons. The van der Waals surface area contributed by atoms with Crippen LogP contribution in [0.1, 0.15) is 12.5 Å². The molecule has 6 heterocycles. The van der Waals surface area contributed by atoms with E-state index in [0.29, 0.717) is 11.0 Å². The van der Waals surface area contributed by atoms with E-state index in [0.717, 1.165) is 0 Å². The molecule has 3 aromatic heterocycles. The molecule has 2 bridgehead atoms. The van der Waals surface area contributed by atoms with Gasteiger partial charge in [-0.3, -0.25) is 22.9 Å². The van der Waals surface area contributed by atoms with Crippen molar-refractivity contribution in [2.45, 2.75) is 49.1 Å². The number of anilines is 1. The lowest BCUT2D eigenvalue weighted by Gasteiger charge is -2.26. The van der Waals surface area contributed by atoms with Crippen LogP contribution in [0, 0.1) is 0 Å². The third kappa shape index (κ3) is 5.94. The van der Waals surface area contributed by atoms with Crippen molar-refractivity contribution in [1.82, 2.24) is 24.1 Å². The van der Waals surface area contributed by atoms with E-state index in [1.165, 1.54) is 40.0 Å².